The Morgan fingerprint density at radius 1 is 1.26 bits per heavy atom. The fourth-order valence-corrected chi connectivity index (χ4v) is 3.70. The van der Waals surface area contributed by atoms with Gasteiger partial charge < -0.3 is 14.6 Å². The molecule has 128 valence electrons. The van der Waals surface area contributed by atoms with Crippen molar-refractivity contribution in [3.63, 3.8) is 0 Å². The lowest BCUT2D eigenvalue weighted by atomic mass is 9.79. The first-order valence-electron chi connectivity index (χ1n) is 8.56. The summed E-state index contributed by atoms with van der Waals surface area (Å²) in [7, 11) is 0. The molecule has 1 aromatic rings. The normalized spacial score (nSPS) is 23.4. The third-order valence-corrected chi connectivity index (χ3v) is 4.98. The average molecular weight is 322 g/mol. The molecule has 1 N–H and O–H groups in total. The van der Waals surface area contributed by atoms with Crippen molar-refractivity contribution in [3.05, 3.63) is 11.7 Å². The lowest BCUT2D eigenvalue weighted by molar-refractivity contribution is -0.141. The fraction of sp³-hybridized carbons (Fsp3) is 0.812. The number of ether oxygens (including phenoxy) is 1. The Bertz CT molecular complexity index is 533. The van der Waals surface area contributed by atoms with Crippen molar-refractivity contribution in [1.82, 2.24) is 20.4 Å². The molecule has 2 heterocycles. The summed E-state index contributed by atoms with van der Waals surface area (Å²) in [6, 6.07) is -0.274. The summed E-state index contributed by atoms with van der Waals surface area (Å²) in [6.45, 7) is 6.71. The molecule has 1 atom stereocenters. The molecule has 1 aromatic heterocycles. The molecule has 1 saturated carbocycles. The Morgan fingerprint density at radius 3 is 2.57 bits per heavy atom. The van der Waals surface area contributed by atoms with Crippen LogP contribution in [0.5, 0.6) is 0 Å². The van der Waals surface area contributed by atoms with Gasteiger partial charge in [-0.1, -0.05) is 24.4 Å². The first-order chi connectivity index (χ1) is 11.1. The van der Waals surface area contributed by atoms with Gasteiger partial charge in [0.15, 0.2) is 5.82 Å². The van der Waals surface area contributed by atoms with Crippen LogP contribution >= 0.6 is 0 Å². The Labute approximate surface area is 136 Å². The van der Waals surface area contributed by atoms with Crippen LogP contribution in [0.3, 0.4) is 0 Å². The van der Waals surface area contributed by atoms with E-state index in [4.69, 9.17) is 9.26 Å². The standard InChI is InChI=1S/C16H26N4O3/c1-12(14-18-13(2)19-23-14)17-15(21)16(6-4-3-5-7-16)20-8-10-22-11-9-20/h12H,3-11H2,1-2H3,(H,17,21)/t12-/m0/s1. The number of rotatable bonds is 4. The first kappa shape index (κ1) is 16.4. The molecule has 1 aliphatic carbocycles. The number of morpholine rings is 1. The number of hydrogen-bond donors (Lipinski definition) is 1. The lowest BCUT2D eigenvalue weighted by Crippen LogP contribution is -2.62. The Morgan fingerprint density at radius 2 is 1.96 bits per heavy atom. The molecular formula is C16H26N4O3. The van der Waals surface area contributed by atoms with E-state index in [9.17, 15) is 4.79 Å². The number of nitrogens with zero attached hydrogens (tertiary/aromatic N) is 3. The predicted octanol–water partition coefficient (Wildman–Crippen LogP) is 1.59. The summed E-state index contributed by atoms with van der Waals surface area (Å²) >= 11 is 0. The van der Waals surface area contributed by atoms with Crippen LogP contribution in [0, 0.1) is 6.92 Å². The van der Waals surface area contributed by atoms with E-state index in [0.29, 0.717) is 24.9 Å². The molecule has 2 aliphatic rings. The minimum Gasteiger partial charge on any atom is -0.379 e. The van der Waals surface area contributed by atoms with Gasteiger partial charge in [0.25, 0.3) is 0 Å². The van der Waals surface area contributed by atoms with Crippen molar-refractivity contribution in [2.75, 3.05) is 26.3 Å². The molecule has 1 saturated heterocycles. The van der Waals surface area contributed by atoms with Crippen molar-refractivity contribution in [1.29, 1.82) is 0 Å². The largest absolute Gasteiger partial charge is 0.379 e. The third-order valence-electron chi connectivity index (χ3n) is 4.98. The number of carbonyl (C=O) groups is 1. The minimum absolute atomic E-state index is 0.0856. The highest BCUT2D eigenvalue weighted by Crippen LogP contribution is 2.35. The van der Waals surface area contributed by atoms with E-state index in [2.05, 4.69) is 20.4 Å². The molecule has 1 amide bonds. The maximum atomic E-state index is 13.1. The smallest absolute Gasteiger partial charge is 0.248 e. The number of aromatic nitrogens is 2. The zero-order valence-electron chi connectivity index (χ0n) is 14.0. The van der Waals surface area contributed by atoms with Crippen LogP contribution in [0.25, 0.3) is 0 Å². The lowest BCUT2D eigenvalue weighted by Gasteiger charge is -2.46. The molecule has 0 aromatic carbocycles. The summed E-state index contributed by atoms with van der Waals surface area (Å²) in [4.78, 5) is 19.7. The van der Waals surface area contributed by atoms with Crippen LogP contribution in [0.2, 0.25) is 0 Å². The van der Waals surface area contributed by atoms with Crippen LogP contribution in [-0.4, -0.2) is 52.8 Å². The highest BCUT2D eigenvalue weighted by Gasteiger charge is 2.45. The summed E-state index contributed by atoms with van der Waals surface area (Å²) in [5.74, 6) is 1.13. The third kappa shape index (κ3) is 3.40. The topological polar surface area (TPSA) is 80.5 Å². The van der Waals surface area contributed by atoms with Gasteiger partial charge in [-0.25, -0.2) is 0 Å². The van der Waals surface area contributed by atoms with E-state index in [1.54, 1.807) is 6.92 Å². The number of hydrogen-bond acceptors (Lipinski definition) is 6. The van der Waals surface area contributed by atoms with E-state index >= 15 is 0 Å². The Hall–Kier alpha value is -1.47. The van der Waals surface area contributed by atoms with Crippen molar-refractivity contribution in [2.24, 2.45) is 0 Å². The zero-order chi connectivity index (χ0) is 16.3. The van der Waals surface area contributed by atoms with Crippen LogP contribution in [0.4, 0.5) is 0 Å². The fourth-order valence-electron chi connectivity index (χ4n) is 3.70. The molecule has 0 radical (unpaired) electrons. The van der Waals surface area contributed by atoms with Gasteiger partial charge in [-0.2, -0.15) is 4.98 Å². The molecule has 23 heavy (non-hydrogen) atoms. The van der Waals surface area contributed by atoms with Crippen molar-refractivity contribution in [3.8, 4) is 0 Å². The van der Waals surface area contributed by atoms with Gasteiger partial charge in [-0.05, 0) is 26.7 Å². The SMILES string of the molecule is Cc1noc([C@H](C)NC(=O)C2(N3CCOCC3)CCCCC2)n1. The number of amides is 1. The molecule has 0 bridgehead atoms. The summed E-state index contributed by atoms with van der Waals surface area (Å²) < 4.78 is 10.6. The van der Waals surface area contributed by atoms with Gasteiger partial charge in [0.2, 0.25) is 11.8 Å². The zero-order valence-corrected chi connectivity index (χ0v) is 14.0. The van der Waals surface area contributed by atoms with Crippen LogP contribution in [0.1, 0.15) is 56.8 Å². The van der Waals surface area contributed by atoms with E-state index in [1.165, 1.54) is 6.42 Å². The van der Waals surface area contributed by atoms with E-state index in [0.717, 1.165) is 38.8 Å². The maximum Gasteiger partial charge on any atom is 0.248 e. The second kappa shape index (κ2) is 6.97. The summed E-state index contributed by atoms with van der Waals surface area (Å²) in [5.41, 5.74) is -0.411. The highest BCUT2D eigenvalue weighted by molar-refractivity contribution is 5.86. The molecule has 2 fully saturated rings. The molecule has 1 aliphatic heterocycles. The average Bonchev–Trinajstić information content (AvgIpc) is 3.03. The van der Waals surface area contributed by atoms with Gasteiger partial charge in [0.05, 0.1) is 13.2 Å². The minimum atomic E-state index is -0.411. The van der Waals surface area contributed by atoms with Crippen LogP contribution < -0.4 is 5.32 Å². The molecular weight excluding hydrogens is 296 g/mol. The van der Waals surface area contributed by atoms with Crippen molar-refractivity contribution >= 4 is 5.91 Å². The second-order valence-electron chi connectivity index (χ2n) is 6.57. The van der Waals surface area contributed by atoms with E-state index < -0.39 is 5.54 Å². The van der Waals surface area contributed by atoms with Gasteiger partial charge >= 0.3 is 0 Å². The van der Waals surface area contributed by atoms with E-state index in [-0.39, 0.29) is 11.9 Å². The first-order valence-corrected chi connectivity index (χ1v) is 8.56. The van der Waals surface area contributed by atoms with Gasteiger partial charge in [-0.15, -0.1) is 0 Å². The monoisotopic (exact) mass is 322 g/mol. The molecule has 0 unspecified atom stereocenters. The maximum absolute atomic E-state index is 13.1. The molecule has 0 spiro atoms. The molecule has 7 heteroatoms. The number of aryl methyl sites for hydroxylation is 1. The van der Waals surface area contributed by atoms with Crippen molar-refractivity contribution in [2.45, 2.75) is 57.5 Å². The van der Waals surface area contributed by atoms with Gasteiger partial charge in [-0.3, -0.25) is 9.69 Å². The predicted molar refractivity (Wildman–Crippen MR) is 83.8 cm³/mol. The number of carbonyl (C=O) groups excluding carboxylic acids is 1. The molecule has 3 rings (SSSR count). The van der Waals surface area contributed by atoms with Crippen LogP contribution in [0.15, 0.2) is 4.52 Å². The van der Waals surface area contributed by atoms with Gasteiger partial charge in [0.1, 0.15) is 11.6 Å². The molecule has 7 nitrogen and oxygen atoms in total. The Balaban J connectivity index is 1.74. The second-order valence-corrected chi connectivity index (χ2v) is 6.57. The van der Waals surface area contributed by atoms with Gasteiger partial charge in [0, 0.05) is 13.1 Å². The highest BCUT2D eigenvalue weighted by atomic mass is 16.5. The van der Waals surface area contributed by atoms with Crippen molar-refractivity contribution < 1.29 is 14.1 Å². The summed E-state index contributed by atoms with van der Waals surface area (Å²) in [6.07, 6.45) is 5.22. The van der Waals surface area contributed by atoms with E-state index in [1.807, 2.05) is 6.92 Å². The quantitative estimate of drug-likeness (QED) is 0.907. The summed E-state index contributed by atoms with van der Waals surface area (Å²) in [5, 5.41) is 6.90. The number of nitrogens with one attached hydrogen (secondary N) is 1. The Kier molecular flexibility index (Phi) is 4.96. The van der Waals surface area contributed by atoms with Crippen LogP contribution in [-0.2, 0) is 9.53 Å².